The van der Waals surface area contributed by atoms with E-state index >= 15 is 0 Å². The number of nitrogens with zero attached hydrogens (tertiary/aromatic N) is 4. The first-order valence-corrected chi connectivity index (χ1v) is 6.67. The summed E-state index contributed by atoms with van der Waals surface area (Å²) in [5, 5.41) is 0.481. The van der Waals surface area contributed by atoms with Crippen molar-refractivity contribution < 1.29 is 0 Å². The second kappa shape index (κ2) is 5.96. The zero-order valence-corrected chi connectivity index (χ0v) is 11.5. The summed E-state index contributed by atoms with van der Waals surface area (Å²) in [7, 11) is 0. The van der Waals surface area contributed by atoms with Crippen LogP contribution in [0.2, 0.25) is 5.15 Å². The number of hydrogen-bond acceptors (Lipinski definition) is 3. The molecule has 0 atom stereocenters. The van der Waals surface area contributed by atoms with Gasteiger partial charge in [0, 0.05) is 31.4 Å². The quantitative estimate of drug-likeness (QED) is 0.778. The standard InChI is InChI=1S/C13H17ClN4/c1-3-5-12-16-10(9-11(14)17-12)13-15-6-8-18(13)7-4-2/h6,8-9H,3-5,7H2,1-2H3. The lowest BCUT2D eigenvalue weighted by atomic mass is 10.3. The molecule has 0 aliphatic heterocycles. The molecule has 0 amide bonds. The van der Waals surface area contributed by atoms with Crippen molar-refractivity contribution in [3.05, 3.63) is 29.4 Å². The maximum atomic E-state index is 6.04. The lowest BCUT2D eigenvalue weighted by Gasteiger charge is -2.07. The van der Waals surface area contributed by atoms with Gasteiger partial charge in [0.1, 0.15) is 16.7 Å². The molecule has 2 rings (SSSR count). The summed E-state index contributed by atoms with van der Waals surface area (Å²) >= 11 is 6.04. The molecule has 0 radical (unpaired) electrons. The molecular formula is C13H17ClN4. The van der Waals surface area contributed by atoms with Crippen molar-refractivity contribution in [2.75, 3.05) is 0 Å². The van der Waals surface area contributed by atoms with Gasteiger partial charge >= 0.3 is 0 Å². The highest BCUT2D eigenvalue weighted by Gasteiger charge is 2.10. The van der Waals surface area contributed by atoms with E-state index in [0.29, 0.717) is 5.15 Å². The molecule has 0 fully saturated rings. The van der Waals surface area contributed by atoms with Gasteiger partial charge in [0.15, 0.2) is 5.82 Å². The SMILES string of the molecule is CCCc1nc(Cl)cc(-c2nccn2CCC)n1. The first-order chi connectivity index (χ1) is 8.74. The minimum atomic E-state index is 0.481. The maximum Gasteiger partial charge on any atom is 0.158 e. The number of rotatable bonds is 5. The summed E-state index contributed by atoms with van der Waals surface area (Å²) in [5.41, 5.74) is 0.803. The van der Waals surface area contributed by atoms with Crippen LogP contribution in [0.15, 0.2) is 18.5 Å². The molecule has 4 nitrogen and oxygen atoms in total. The van der Waals surface area contributed by atoms with Gasteiger partial charge in [-0.25, -0.2) is 15.0 Å². The maximum absolute atomic E-state index is 6.04. The fourth-order valence-corrected chi connectivity index (χ4v) is 2.08. The number of halogens is 1. The average molecular weight is 265 g/mol. The highest BCUT2D eigenvalue weighted by molar-refractivity contribution is 6.29. The molecule has 18 heavy (non-hydrogen) atoms. The van der Waals surface area contributed by atoms with E-state index in [9.17, 15) is 0 Å². The van der Waals surface area contributed by atoms with E-state index in [0.717, 1.165) is 43.1 Å². The van der Waals surface area contributed by atoms with Gasteiger partial charge in [0.05, 0.1) is 0 Å². The van der Waals surface area contributed by atoms with Crippen molar-refractivity contribution in [3.8, 4) is 11.5 Å². The van der Waals surface area contributed by atoms with Crippen LogP contribution >= 0.6 is 11.6 Å². The van der Waals surface area contributed by atoms with E-state index in [4.69, 9.17) is 11.6 Å². The van der Waals surface area contributed by atoms with Crippen LogP contribution in [0.4, 0.5) is 0 Å². The van der Waals surface area contributed by atoms with Gasteiger partial charge in [-0.05, 0) is 12.8 Å². The predicted molar refractivity (Wildman–Crippen MR) is 72.5 cm³/mol. The average Bonchev–Trinajstić information content (AvgIpc) is 2.77. The highest BCUT2D eigenvalue weighted by Crippen LogP contribution is 2.19. The normalized spacial score (nSPS) is 10.8. The van der Waals surface area contributed by atoms with Gasteiger partial charge in [-0.1, -0.05) is 25.4 Å². The van der Waals surface area contributed by atoms with Crippen LogP contribution in [-0.2, 0) is 13.0 Å². The van der Waals surface area contributed by atoms with E-state index in [-0.39, 0.29) is 0 Å². The summed E-state index contributed by atoms with van der Waals surface area (Å²) < 4.78 is 2.09. The molecular weight excluding hydrogens is 248 g/mol. The Labute approximate surface area is 112 Å². The number of aromatic nitrogens is 4. The predicted octanol–water partition coefficient (Wildman–Crippen LogP) is 3.36. The summed E-state index contributed by atoms with van der Waals surface area (Å²) in [6, 6.07) is 1.77. The smallest absolute Gasteiger partial charge is 0.158 e. The van der Waals surface area contributed by atoms with Crippen molar-refractivity contribution in [2.24, 2.45) is 0 Å². The molecule has 5 heteroatoms. The van der Waals surface area contributed by atoms with E-state index < -0.39 is 0 Å². The summed E-state index contributed by atoms with van der Waals surface area (Å²) in [4.78, 5) is 13.1. The molecule has 2 aromatic rings. The van der Waals surface area contributed by atoms with Gasteiger partial charge in [0.25, 0.3) is 0 Å². The minimum Gasteiger partial charge on any atom is -0.330 e. The molecule has 2 aromatic heterocycles. The molecule has 0 aliphatic carbocycles. The molecule has 0 unspecified atom stereocenters. The molecule has 0 spiro atoms. The molecule has 0 saturated carbocycles. The van der Waals surface area contributed by atoms with Crippen LogP contribution < -0.4 is 0 Å². The summed E-state index contributed by atoms with van der Waals surface area (Å²) in [5.74, 6) is 1.64. The number of hydrogen-bond donors (Lipinski definition) is 0. The fourth-order valence-electron chi connectivity index (χ4n) is 1.88. The van der Waals surface area contributed by atoms with E-state index in [2.05, 4.69) is 33.4 Å². The monoisotopic (exact) mass is 264 g/mol. The van der Waals surface area contributed by atoms with Gasteiger partial charge in [0.2, 0.25) is 0 Å². The highest BCUT2D eigenvalue weighted by atomic mass is 35.5. The van der Waals surface area contributed by atoms with Crippen LogP contribution in [0.3, 0.4) is 0 Å². The van der Waals surface area contributed by atoms with E-state index in [1.807, 2.05) is 6.20 Å². The molecule has 0 aromatic carbocycles. The lowest BCUT2D eigenvalue weighted by Crippen LogP contribution is -2.03. The van der Waals surface area contributed by atoms with Crippen LogP contribution in [0.1, 0.15) is 32.5 Å². The molecule has 2 heterocycles. The second-order valence-corrected chi connectivity index (χ2v) is 4.57. The molecule has 0 saturated heterocycles. The first kappa shape index (κ1) is 13.0. The van der Waals surface area contributed by atoms with Gasteiger partial charge < -0.3 is 4.57 Å². The Hall–Kier alpha value is -1.42. The Balaban J connectivity index is 2.39. The Morgan fingerprint density at radius 3 is 2.78 bits per heavy atom. The Kier molecular flexibility index (Phi) is 4.31. The van der Waals surface area contributed by atoms with Crippen LogP contribution in [0.5, 0.6) is 0 Å². The van der Waals surface area contributed by atoms with E-state index in [1.54, 1.807) is 12.3 Å². The zero-order valence-electron chi connectivity index (χ0n) is 10.7. The Morgan fingerprint density at radius 1 is 1.22 bits per heavy atom. The van der Waals surface area contributed by atoms with Crippen molar-refractivity contribution in [1.29, 1.82) is 0 Å². The van der Waals surface area contributed by atoms with Gasteiger partial charge in [-0.15, -0.1) is 0 Å². The summed E-state index contributed by atoms with van der Waals surface area (Å²) in [6.45, 7) is 5.17. The number of aryl methyl sites for hydroxylation is 2. The van der Waals surface area contributed by atoms with Crippen molar-refractivity contribution in [3.63, 3.8) is 0 Å². The second-order valence-electron chi connectivity index (χ2n) is 4.19. The van der Waals surface area contributed by atoms with Gasteiger partial charge in [-0.2, -0.15) is 0 Å². The third-order valence-electron chi connectivity index (χ3n) is 2.62. The van der Waals surface area contributed by atoms with Crippen molar-refractivity contribution >= 4 is 11.6 Å². The molecule has 0 N–H and O–H groups in total. The van der Waals surface area contributed by atoms with Crippen LogP contribution in [-0.4, -0.2) is 19.5 Å². The first-order valence-electron chi connectivity index (χ1n) is 6.29. The van der Waals surface area contributed by atoms with Crippen molar-refractivity contribution in [2.45, 2.75) is 39.7 Å². The molecule has 0 bridgehead atoms. The Morgan fingerprint density at radius 2 is 2.06 bits per heavy atom. The van der Waals surface area contributed by atoms with Crippen LogP contribution in [0.25, 0.3) is 11.5 Å². The number of imidazole rings is 1. The topological polar surface area (TPSA) is 43.6 Å². The minimum absolute atomic E-state index is 0.481. The molecule has 0 aliphatic rings. The fraction of sp³-hybridized carbons (Fsp3) is 0.462. The van der Waals surface area contributed by atoms with Gasteiger partial charge in [-0.3, -0.25) is 0 Å². The Bertz CT molecular complexity index is 521. The summed E-state index contributed by atoms with van der Waals surface area (Å²) in [6.07, 6.45) is 6.66. The third kappa shape index (κ3) is 2.88. The largest absolute Gasteiger partial charge is 0.330 e. The van der Waals surface area contributed by atoms with E-state index in [1.165, 1.54) is 0 Å². The van der Waals surface area contributed by atoms with Crippen molar-refractivity contribution in [1.82, 2.24) is 19.5 Å². The molecule has 96 valence electrons. The third-order valence-corrected chi connectivity index (χ3v) is 2.82. The lowest BCUT2D eigenvalue weighted by molar-refractivity contribution is 0.683. The zero-order chi connectivity index (χ0) is 13.0. The van der Waals surface area contributed by atoms with Crippen LogP contribution in [0, 0.1) is 0 Å².